The predicted octanol–water partition coefficient (Wildman–Crippen LogP) is -0.299. The van der Waals surface area contributed by atoms with Crippen LogP contribution < -0.4 is 0 Å². The van der Waals surface area contributed by atoms with Gasteiger partial charge in [-0.15, -0.1) is 0 Å². The van der Waals surface area contributed by atoms with Crippen molar-refractivity contribution in [2.24, 2.45) is 0 Å². The molecule has 0 saturated carbocycles. The molecule has 1 saturated heterocycles. The van der Waals surface area contributed by atoms with Gasteiger partial charge in [-0.3, -0.25) is 19.2 Å². The molecule has 1 rings (SSSR count). The van der Waals surface area contributed by atoms with Gasteiger partial charge in [-0.2, -0.15) is 0 Å². The molecule has 1 fully saturated rings. The summed E-state index contributed by atoms with van der Waals surface area (Å²) in [6.45, 7) is 4.40. The summed E-state index contributed by atoms with van der Waals surface area (Å²) in [6.07, 6.45) is -4.40. The monoisotopic (exact) mass is 318 g/mol. The highest BCUT2D eigenvalue weighted by Crippen LogP contribution is 2.28. The molecule has 4 atom stereocenters. The summed E-state index contributed by atoms with van der Waals surface area (Å²) < 4.78 is 25.2. The van der Waals surface area contributed by atoms with E-state index in [9.17, 15) is 19.2 Å². The van der Waals surface area contributed by atoms with Crippen LogP contribution in [-0.4, -0.2) is 55.1 Å². The van der Waals surface area contributed by atoms with Gasteiger partial charge in [0.05, 0.1) is 0 Å². The normalized spacial score (nSPS) is 26.9. The Kier molecular flexibility index (Phi) is 6.29. The molecule has 9 heteroatoms. The van der Waals surface area contributed by atoms with Crippen LogP contribution >= 0.6 is 0 Å². The maximum absolute atomic E-state index is 11.2. The van der Waals surface area contributed by atoms with Crippen molar-refractivity contribution in [2.45, 2.75) is 52.3 Å². The van der Waals surface area contributed by atoms with Gasteiger partial charge in [-0.05, 0) is 0 Å². The second-order valence-corrected chi connectivity index (χ2v) is 4.60. The van der Waals surface area contributed by atoms with Gasteiger partial charge in [0.15, 0.2) is 6.10 Å². The molecule has 9 nitrogen and oxygen atoms in total. The third-order valence-corrected chi connectivity index (χ3v) is 2.60. The van der Waals surface area contributed by atoms with E-state index in [1.165, 1.54) is 6.92 Å². The molecule has 1 aliphatic rings. The van der Waals surface area contributed by atoms with Gasteiger partial charge in [-0.1, -0.05) is 0 Å². The number of esters is 4. The third kappa shape index (κ3) is 5.32. The third-order valence-electron chi connectivity index (χ3n) is 2.60. The number of hydrogen-bond donors (Lipinski definition) is 0. The van der Waals surface area contributed by atoms with E-state index in [1.807, 2.05) is 0 Å². The molecule has 0 aromatic heterocycles. The molecule has 22 heavy (non-hydrogen) atoms. The highest BCUT2D eigenvalue weighted by molar-refractivity contribution is 5.68. The fraction of sp³-hybridized carbons (Fsp3) is 0.692. The standard InChI is InChI=1S/C13H18O9/c1-6(14)18-5-10-11(19-7(2)15)12(20-8(3)16)13(22-10)21-9(4)17/h10-13H,5H2,1-4H3/t10-,11-,12+,13+/m1/s1. The molecule has 0 aliphatic carbocycles. The molecule has 0 N–H and O–H groups in total. The quantitative estimate of drug-likeness (QED) is 0.497. The van der Waals surface area contributed by atoms with Crippen LogP contribution in [0.5, 0.6) is 0 Å². The largest absolute Gasteiger partial charge is 0.463 e. The minimum absolute atomic E-state index is 0.247. The van der Waals surface area contributed by atoms with Crippen molar-refractivity contribution < 1.29 is 42.9 Å². The smallest absolute Gasteiger partial charge is 0.305 e. The Hall–Kier alpha value is -2.16. The summed E-state index contributed by atoms with van der Waals surface area (Å²) >= 11 is 0. The van der Waals surface area contributed by atoms with Crippen LogP contribution in [-0.2, 0) is 42.9 Å². The second kappa shape index (κ2) is 7.74. The topological polar surface area (TPSA) is 114 Å². The predicted molar refractivity (Wildman–Crippen MR) is 68.2 cm³/mol. The lowest BCUT2D eigenvalue weighted by Gasteiger charge is -2.22. The fourth-order valence-electron chi connectivity index (χ4n) is 1.93. The Balaban J connectivity index is 2.94. The van der Waals surface area contributed by atoms with Gasteiger partial charge < -0.3 is 23.7 Å². The van der Waals surface area contributed by atoms with Gasteiger partial charge in [-0.25, -0.2) is 0 Å². The first-order valence-corrected chi connectivity index (χ1v) is 6.51. The second-order valence-electron chi connectivity index (χ2n) is 4.60. The van der Waals surface area contributed by atoms with E-state index in [1.54, 1.807) is 0 Å². The molecule has 124 valence electrons. The number of ether oxygens (including phenoxy) is 5. The Morgan fingerprint density at radius 2 is 1.27 bits per heavy atom. The van der Waals surface area contributed by atoms with Crippen LogP contribution in [0.4, 0.5) is 0 Å². The van der Waals surface area contributed by atoms with E-state index >= 15 is 0 Å². The van der Waals surface area contributed by atoms with Crippen molar-refractivity contribution in [1.82, 2.24) is 0 Å². The van der Waals surface area contributed by atoms with Gasteiger partial charge >= 0.3 is 23.9 Å². The van der Waals surface area contributed by atoms with Crippen LogP contribution in [0.1, 0.15) is 27.7 Å². The van der Waals surface area contributed by atoms with Gasteiger partial charge in [0.1, 0.15) is 12.7 Å². The van der Waals surface area contributed by atoms with Gasteiger partial charge in [0.25, 0.3) is 0 Å². The highest BCUT2D eigenvalue weighted by Gasteiger charge is 2.51. The summed E-state index contributed by atoms with van der Waals surface area (Å²) in [7, 11) is 0. The summed E-state index contributed by atoms with van der Waals surface area (Å²) in [4.78, 5) is 44.4. The zero-order valence-electron chi connectivity index (χ0n) is 12.7. The molecule has 0 unspecified atom stereocenters. The lowest BCUT2D eigenvalue weighted by Crippen LogP contribution is -2.42. The van der Waals surface area contributed by atoms with Crippen LogP contribution in [0.15, 0.2) is 0 Å². The van der Waals surface area contributed by atoms with E-state index in [4.69, 9.17) is 23.7 Å². The Morgan fingerprint density at radius 3 is 1.73 bits per heavy atom. The zero-order valence-corrected chi connectivity index (χ0v) is 12.7. The summed E-state index contributed by atoms with van der Waals surface area (Å²) in [6, 6.07) is 0. The molecule has 0 bridgehead atoms. The van der Waals surface area contributed by atoms with Crippen molar-refractivity contribution in [2.75, 3.05) is 6.61 Å². The van der Waals surface area contributed by atoms with Crippen LogP contribution in [0, 0.1) is 0 Å². The van der Waals surface area contributed by atoms with E-state index < -0.39 is 48.5 Å². The Morgan fingerprint density at radius 1 is 0.773 bits per heavy atom. The first-order valence-electron chi connectivity index (χ1n) is 6.51. The first kappa shape index (κ1) is 17.9. The van der Waals surface area contributed by atoms with Crippen LogP contribution in [0.25, 0.3) is 0 Å². The molecule has 0 radical (unpaired) electrons. The van der Waals surface area contributed by atoms with E-state index in [-0.39, 0.29) is 6.61 Å². The van der Waals surface area contributed by atoms with Gasteiger partial charge in [0, 0.05) is 27.7 Å². The molecule has 1 heterocycles. The van der Waals surface area contributed by atoms with E-state index in [0.717, 1.165) is 20.8 Å². The molecule has 0 aromatic rings. The lowest BCUT2D eigenvalue weighted by atomic mass is 10.1. The SMILES string of the molecule is CC(=O)OC[C@H]1O[C@H](OC(C)=O)[C@@H](OC(C)=O)[C@@H]1OC(C)=O. The van der Waals surface area contributed by atoms with Crippen molar-refractivity contribution in [3.8, 4) is 0 Å². The molecular weight excluding hydrogens is 300 g/mol. The van der Waals surface area contributed by atoms with Crippen LogP contribution in [0.3, 0.4) is 0 Å². The molecular formula is C13H18O9. The molecule has 0 amide bonds. The van der Waals surface area contributed by atoms with Crippen LogP contribution in [0.2, 0.25) is 0 Å². The van der Waals surface area contributed by atoms with Crippen molar-refractivity contribution in [3.05, 3.63) is 0 Å². The minimum atomic E-state index is -1.26. The Labute approximate surface area is 126 Å². The summed E-state index contributed by atoms with van der Waals surface area (Å²) in [5.41, 5.74) is 0. The fourth-order valence-corrected chi connectivity index (χ4v) is 1.93. The number of hydrogen-bond acceptors (Lipinski definition) is 9. The average molecular weight is 318 g/mol. The maximum Gasteiger partial charge on any atom is 0.305 e. The summed E-state index contributed by atoms with van der Waals surface area (Å²) in [5, 5.41) is 0. The highest BCUT2D eigenvalue weighted by atomic mass is 16.8. The van der Waals surface area contributed by atoms with Gasteiger partial charge in [0.2, 0.25) is 12.4 Å². The van der Waals surface area contributed by atoms with Crippen molar-refractivity contribution in [3.63, 3.8) is 0 Å². The number of carbonyl (C=O) groups is 4. The first-order chi connectivity index (χ1) is 10.2. The van der Waals surface area contributed by atoms with Crippen molar-refractivity contribution in [1.29, 1.82) is 0 Å². The lowest BCUT2D eigenvalue weighted by molar-refractivity contribution is -0.197. The summed E-state index contributed by atoms with van der Waals surface area (Å²) in [5.74, 6) is -2.56. The van der Waals surface area contributed by atoms with E-state index in [0.29, 0.717) is 0 Å². The Bertz CT molecular complexity index is 458. The average Bonchev–Trinajstić information content (AvgIpc) is 2.63. The molecule has 1 aliphatic heterocycles. The van der Waals surface area contributed by atoms with E-state index in [2.05, 4.69) is 0 Å². The minimum Gasteiger partial charge on any atom is -0.463 e. The number of rotatable bonds is 5. The molecule has 0 aromatic carbocycles. The van der Waals surface area contributed by atoms with Crippen molar-refractivity contribution >= 4 is 23.9 Å². The maximum atomic E-state index is 11.2. The molecule has 0 spiro atoms. The zero-order chi connectivity index (χ0) is 16.9. The number of carbonyl (C=O) groups excluding carboxylic acids is 4.